The molecule has 0 aliphatic heterocycles. The Bertz CT molecular complexity index is 758. The first-order valence-corrected chi connectivity index (χ1v) is 8.85. The number of hydrazone groups is 1. The molecule has 0 saturated heterocycles. The first kappa shape index (κ1) is 16.8. The second kappa shape index (κ2) is 6.48. The second-order valence-electron chi connectivity index (χ2n) is 7.20. The number of thiophene rings is 1. The van der Waals surface area contributed by atoms with Crippen LogP contribution in [-0.2, 0) is 10.2 Å². The highest BCUT2D eigenvalue weighted by atomic mass is 32.1. The van der Waals surface area contributed by atoms with Gasteiger partial charge >= 0.3 is 0 Å². The molecule has 1 heterocycles. The molecule has 1 aromatic heterocycles. The average molecular weight is 344 g/mol. The van der Waals surface area contributed by atoms with Crippen LogP contribution in [0.4, 0.5) is 4.39 Å². The number of amides is 1. The van der Waals surface area contributed by atoms with Crippen molar-refractivity contribution in [2.75, 3.05) is 0 Å². The Balaban J connectivity index is 1.54. The summed E-state index contributed by atoms with van der Waals surface area (Å²) in [5, 5.41) is 3.65. The minimum atomic E-state index is -0.260. The van der Waals surface area contributed by atoms with Gasteiger partial charge in [0, 0.05) is 5.92 Å². The van der Waals surface area contributed by atoms with E-state index in [2.05, 4.69) is 55.6 Å². The fourth-order valence-electron chi connectivity index (χ4n) is 2.72. The van der Waals surface area contributed by atoms with E-state index in [-0.39, 0.29) is 28.3 Å². The number of rotatable bonds is 4. The van der Waals surface area contributed by atoms with Gasteiger partial charge < -0.3 is 0 Å². The summed E-state index contributed by atoms with van der Waals surface area (Å²) in [6.07, 6.45) is 2.32. The van der Waals surface area contributed by atoms with Crippen molar-refractivity contribution >= 4 is 23.5 Å². The first-order chi connectivity index (χ1) is 11.3. The van der Waals surface area contributed by atoms with E-state index in [1.165, 1.54) is 23.4 Å². The Morgan fingerprint density at radius 3 is 2.54 bits per heavy atom. The molecule has 0 spiro atoms. The zero-order valence-electron chi connectivity index (χ0n) is 14.0. The van der Waals surface area contributed by atoms with E-state index in [0.29, 0.717) is 4.88 Å². The molecule has 5 heteroatoms. The second-order valence-corrected chi connectivity index (χ2v) is 8.26. The minimum absolute atomic E-state index is 0.0253. The lowest BCUT2D eigenvalue weighted by Crippen LogP contribution is -2.20. The van der Waals surface area contributed by atoms with Gasteiger partial charge in [-0.3, -0.25) is 4.79 Å². The van der Waals surface area contributed by atoms with Crippen LogP contribution in [0.5, 0.6) is 0 Å². The molecule has 126 valence electrons. The number of hydrogen-bond donors (Lipinski definition) is 1. The van der Waals surface area contributed by atoms with Crippen molar-refractivity contribution in [1.82, 2.24) is 5.43 Å². The lowest BCUT2D eigenvalue weighted by Gasteiger charge is -2.19. The summed E-state index contributed by atoms with van der Waals surface area (Å²) in [6, 6.07) is 11.5. The average Bonchev–Trinajstić information content (AvgIpc) is 3.23. The van der Waals surface area contributed by atoms with Crippen molar-refractivity contribution in [3.8, 4) is 0 Å². The molecule has 2 unspecified atom stereocenters. The van der Waals surface area contributed by atoms with E-state index in [9.17, 15) is 9.18 Å². The van der Waals surface area contributed by atoms with Gasteiger partial charge in [-0.15, -0.1) is 11.3 Å². The molecule has 3 nitrogen and oxygen atoms in total. The fourth-order valence-corrected chi connectivity index (χ4v) is 3.33. The number of benzene rings is 1. The first-order valence-electron chi connectivity index (χ1n) is 8.03. The third kappa shape index (κ3) is 3.90. The van der Waals surface area contributed by atoms with Crippen molar-refractivity contribution in [3.05, 3.63) is 57.5 Å². The smallest absolute Gasteiger partial charge is 0.243 e. The van der Waals surface area contributed by atoms with Crippen LogP contribution in [0.3, 0.4) is 0 Å². The number of nitrogens with one attached hydrogen (secondary N) is 1. The van der Waals surface area contributed by atoms with Gasteiger partial charge in [0.1, 0.15) is 0 Å². The van der Waals surface area contributed by atoms with Gasteiger partial charge in [-0.05, 0) is 41.0 Å². The molecular weight excluding hydrogens is 323 g/mol. The topological polar surface area (TPSA) is 41.5 Å². The van der Waals surface area contributed by atoms with Crippen LogP contribution < -0.4 is 5.43 Å². The van der Waals surface area contributed by atoms with Crippen LogP contribution in [0.1, 0.15) is 49.1 Å². The van der Waals surface area contributed by atoms with Crippen LogP contribution >= 0.6 is 11.3 Å². The summed E-state index contributed by atoms with van der Waals surface area (Å²) in [5.41, 5.74) is 5.18. The van der Waals surface area contributed by atoms with Crippen molar-refractivity contribution in [2.45, 2.75) is 38.5 Å². The number of carbonyl (C=O) groups excluding carboxylic acids is 1. The molecule has 3 rings (SSSR count). The van der Waals surface area contributed by atoms with Crippen LogP contribution in [0.25, 0.3) is 0 Å². The Hall–Kier alpha value is -2.01. The molecule has 1 N–H and O–H groups in total. The normalized spacial score (nSPS) is 20.3. The summed E-state index contributed by atoms with van der Waals surface area (Å²) >= 11 is 0.997. The molecule has 1 fully saturated rings. The Morgan fingerprint density at radius 1 is 1.25 bits per heavy atom. The van der Waals surface area contributed by atoms with Crippen LogP contribution in [0.15, 0.2) is 41.5 Å². The zero-order chi connectivity index (χ0) is 17.3. The van der Waals surface area contributed by atoms with Gasteiger partial charge in [0.15, 0.2) is 5.13 Å². The number of nitrogens with zero attached hydrogens (tertiary/aromatic N) is 1. The molecule has 1 aliphatic carbocycles. The zero-order valence-corrected chi connectivity index (χ0v) is 14.9. The van der Waals surface area contributed by atoms with Crippen LogP contribution in [0.2, 0.25) is 0 Å². The van der Waals surface area contributed by atoms with Gasteiger partial charge in [-0.25, -0.2) is 5.43 Å². The molecule has 1 aliphatic rings. The molecule has 2 atom stereocenters. The summed E-state index contributed by atoms with van der Waals surface area (Å²) in [5.74, 6) is 0.171. The highest BCUT2D eigenvalue weighted by Gasteiger charge is 2.43. The number of carbonyl (C=O) groups is 1. The highest BCUT2D eigenvalue weighted by molar-refractivity contribution is 7.12. The third-order valence-electron chi connectivity index (χ3n) is 4.29. The standard InChI is InChI=1S/C19H21FN2OS/c1-19(2,3)13-6-4-12(5-7-13)15-10-16(15)18(23)22-21-11-14-8-9-17(20)24-14/h4-9,11,15-16H,10H2,1-3H3,(H,22,23)/b21-11+. The summed E-state index contributed by atoms with van der Waals surface area (Å²) in [7, 11) is 0. The van der Waals surface area contributed by atoms with Crippen molar-refractivity contribution in [3.63, 3.8) is 0 Å². The third-order valence-corrected chi connectivity index (χ3v) is 5.10. The van der Waals surface area contributed by atoms with E-state index in [1.54, 1.807) is 6.07 Å². The Labute approximate surface area is 145 Å². The van der Waals surface area contributed by atoms with Crippen LogP contribution in [0, 0.1) is 11.0 Å². The van der Waals surface area contributed by atoms with Gasteiger partial charge in [-0.1, -0.05) is 45.0 Å². The lowest BCUT2D eigenvalue weighted by atomic mass is 9.86. The maximum Gasteiger partial charge on any atom is 0.243 e. The largest absolute Gasteiger partial charge is 0.273 e. The number of halogens is 1. The summed E-state index contributed by atoms with van der Waals surface area (Å²) in [4.78, 5) is 12.8. The van der Waals surface area contributed by atoms with Crippen molar-refractivity contribution < 1.29 is 9.18 Å². The van der Waals surface area contributed by atoms with Crippen molar-refractivity contribution in [1.29, 1.82) is 0 Å². The quantitative estimate of drug-likeness (QED) is 0.646. The predicted molar refractivity (Wildman–Crippen MR) is 96.0 cm³/mol. The highest BCUT2D eigenvalue weighted by Crippen LogP contribution is 2.47. The lowest BCUT2D eigenvalue weighted by molar-refractivity contribution is -0.122. The molecule has 2 aromatic rings. The molecule has 0 bridgehead atoms. The van der Waals surface area contributed by atoms with Gasteiger partial charge in [0.25, 0.3) is 0 Å². The van der Waals surface area contributed by atoms with E-state index in [1.807, 2.05) is 0 Å². The van der Waals surface area contributed by atoms with E-state index >= 15 is 0 Å². The monoisotopic (exact) mass is 344 g/mol. The molecular formula is C19H21FN2OS. The summed E-state index contributed by atoms with van der Waals surface area (Å²) in [6.45, 7) is 6.56. The molecule has 1 aromatic carbocycles. The number of hydrogen-bond acceptors (Lipinski definition) is 3. The van der Waals surface area contributed by atoms with Gasteiger partial charge in [-0.2, -0.15) is 9.49 Å². The molecule has 0 radical (unpaired) electrons. The minimum Gasteiger partial charge on any atom is -0.273 e. The Kier molecular flexibility index (Phi) is 4.54. The van der Waals surface area contributed by atoms with Gasteiger partial charge in [0.2, 0.25) is 5.91 Å². The molecule has 24 heavy (non-hydrogen) atoms. The maximum absolute atomic E-state index is 12.9. The van der Waals surface area contributed by atoms with Crippen molar-refractivity contribution in [2.24, 2.45) is 11.0 Å². The molecule has 1 saturated carbocycles. The maximum atomic E-state index is 12.9. The van der Waals surface area contributed by atoms with Gasteiger partial charge in [0.05, 0.1) is 11.1 Å². The Morgan fingerprint density at radius 2 is 1.96 bits per heavy atom. The van der Waals surface area contributed by atoms with E-state index in [0.717, 1.165) is 17.8 Å². The predicted octanol–water partition coefficient (Wildman–Crippen LogP) is 4.44. The van der Waals surface area contributed by atoms with E-state index in [4.69, 9.17) is 0 Å². The molecule has 1 amide bonds. The van der Waals surface area contributed by atoms with E-state index < -0.39 is 0 Å². The fraction of sp³-hybridized carbons (Fsp3) is 0.368. The SMILES string of the molecule is CC(C)(C)c1ccc(C2CC2C(=O)N/N=C/c2ccc(F)s2)cc1. The van der Waals surface area contributed by atoms with Crippen LogP contribution in [-0.4, -0.2) is 12.1 Å². The summed E-state index contributed by atoms with van der Waals surface area (Å²) < 4.78 is 12.9.